The Hall–Kier alpha value is -1.22. The zero-order valence-electron chi connectivity index (χ0n) is 13.2. The lowest BCUT2D eigenvalue weighted by molar-refractivity contribution is 0.296. The fourth-order valence-electron chi connectivity index (χ4n) is 3.26. The Kier molecular flexibility index (Phi) is 4.59. The lowest BCUT2D eigenvalue weighted by atomic mass is 9.74. The summed E-state index contributed by atoms with van der Waals surface area (Å²) in [4.78, 5) is 0. The van der Waals surface area contributed by atoms with Crippen LogP contribution >= 0.6 is 0 Å². The van der Waals surface area contributed by atoms with Gasteiger partial charge in [-0.25, -0.2) is 0 Å². The number of rotatable bonds is 4. The summed E-state index contributed by atoms with van der Waals surface area (Å²) in [5, 5.41) is 0. The molecule has 0 saturated heterocycles. The van der Waals surface area contributed by atoms with E-state index in [-0.39, 0.29) is 5.54 Å². The summed E-state index contributed by atoms with van der Waals surface area (Å²) >= 11 is 0. The largest absolute Gasteiger partial charge is 0.493 e. The molecule has 1 aliphatic carbocycles. The molecule has 0 radical (unpaired) electrons. The molecule has 112 valence electrons. The van der Waals surface area contributed by atoms with E-state index < -0.39 is 0 Å². The highest BCUT2D eigenvalue weighted by Crippen LogP contribution is 2.43. The molecule has 1 saturated carbocycles. The normalized spacial score (nSPS) is 18.1. The summed E-state index contributed by atoms with van der Waals surface area (Å²) < 4.78 is 10.9. The zero-order valence-corrected chi connectivity index (χ0v) is 13.2. The maximum atomic E-state index is 6.74. The molecule has 1 fully saturated rings. The molecule has 0 aliphatic heterocycles. The van der Waals surface area contributed by atoms with Gasteiger partial charge >= 0.3 is 0 Å². The van der Waals surface area contributed by atoms with Crippen LogP contribution in [0.2, 0.25) is 0 Å². The van der Waals surface area contributed by atoms with Crippen LogP contribution in [0.1, 0.15) is 63.0 Å². The fourth-order valence-corrected chi connectivity index (χ4v) is 3.26. The Bertz CT molecular complexity index is 462. The first-order chi connectivity index (χ1) is 9.51. The molecular formula is C17H27NO2. The standard InChI is InChI=1S/C17H27NO2/c1-12(2)13-10-15(19-3)16(20-4)11-14(13)17(18)8-6-5-7-9-17/h10-12H,5-9,18H2,1-4H3. The minimum atomic E-state index is -0.211. The highest BCUT2D eigenvalue weighted by molar-refractivity contribution is 5.51. The van der Waals surface area contributed by atoms with E-state index in [0.717, 1.165) is 24.3 Å². The van der Waals surface area contributed by atoms with Crippen LogP contribution in [0.3, 0.4) is 0 Å². The molecular weight excluding hydrogens is 250 g/mol. The summed E-state index contributed by atoms with van der Waals surface area (Å²) in [6.45, 7) is 4.41. The van der Waals surface area contributed by atoms with Crippen molar-refractivity contribution in [2.75, 3.05) is 14.2 Å². The van der Waals surface area contributed by atoms with Gasteiger partial charge in [0.05, 0.1) is 14.2 Å². The van der Waals surface area contributed by atoms with Gasteiger partial charge in [0.1, 0.15) is 0 Å². The van der Waals surface area contributed by atoms with Gasteiger partial charge in [-0.15, -0.1) is 0 Å². The third-order valence-corrected chi connectivity index (χ3v) is 4.46. The lowest BCUT2D eigenvalue weighted by Gasteiger charge is -2.36. The topological polar surface area (TPSA) is 44.5 Å². The van der Waals surface area contributed by atoms with Crippen molar-refractivity contribution in [1.82, 2.24) is 0 Å². The van der Waals surface area contributed by atoms with Gasteiger partial charge in [0.25, 0.3) is 0 Å². The Balaban J connectivity index is 2.54. The SMILES string of the molecule is COc1cc(C(C)C)c(C2(N)CCCCC2)cc1OC. The Labute approximate surface area is 122 Å². The maximum Gasteiger partial charge on any atom is 0.161 e. The molecule has 1 aliphatic rings. The third-order valence-electron chi connectivity index (χ3n) is 4.46. The van der Waals surface area contributed by atoms with Crippen LogP contribution in [0, 0.1) is 0 Å². The third kappa shape index (κ3) is 2.78. The minimum absolute atomic E-state index is 0.211. The number of methoxy groups -OCH3 is 2. The molecule has 0 spiro atoms. The number of benzene rings is 1. The predicted molar refractivity (Wildman–Crippen MR) is 82.6 cm³/mol. The van der Waals surface area contributed by atoms with Gasteiger partial charge in [0, 0.05) is 5.54 Å². The number of hydrogen-bond acceptors (Lipinski definition) is 3. The molecule has 0 bridgehead atoms. The fraction of sp³-hybridized carbons (Fsp3) is 0.647. The van der Waals surface area contributed by atoms with Crippen molar-refractivity contribution < 1.29 is 9.47 Å². The number of nitrogens with two attached hydrogens (primary N) is 1. The Morgan fingerprint density at radius 1 is 1.00 bits per heavy atom. The van der Waals surface area contributed by atoms with Crippen molar-refractivity contribution in [3.63, 3.8) is 0 Å². The molecule has 2 N–H and O–H groups in total. The van der Waals surface area contributed by atoms with Crippen molar-refractivity contribution in [2.45, 2.75) is 57.4 Å². The van der Waals surface area contributed by atoms with Gasteiger partial charge in [-0.05, 0) is 42.0 Å². The van der Waals surface area contributed by atoms with E-state index in [2.05, 4.69) is 26.0 Å². The van der Waals surface area contributed by atoms with Crippen LogP contribution in [0.25, 0.3) is 0 Å². The van der Waals surface area contributed by atoms with Gasteiger partial charge in [-0.3, -0.25) is 0 Å². The quantitative estimate of drug-likeness (QED) is 0.906. The van der Waals surface area contributed by atoms with E-state index in [4.69, 9.17) is 15.2 Å². The van der Waals surface area contributed by atoms with Crippen molar-refractivity contribution in [3.05, 3.63) is 23.3 Å². The molecule has 0 atom stereocenters. The van der Waals surface area contributed by atoms with Crippen molar-refractivity contribution in [1.29, 1.82) is 0 Å². The number of hydrogen-bond donors (Lipinski definition) is 1. The summed E-state index contributed by atoms with van der Waals surface area (Å²) in [5.74, 6) is 1.99. The van der Waals surface area contributed by atoms with E-state index in [1.165, 1.54) is 30.4 Å². The van der Waals surface area contributed by atoms with Crippen LogP contribution in [0.5, 0.6) is 11.5 Å². The average molecular weight is 277 g/mol. The first-order valence-electron chi connectivity index (χ1n) is 7.57. The molecule has 20 heavy (non-hydrogen) atoms. The zero-order chi connectivity index (χ0) is 14.8. The average Bonchev–Trinajstić information content (AvgIpc) is 2.46. The highest BCUT2D eigenvalue weighted by atomic mass is 16.5. The first kappa shape index (κ1) is 15.2. The molecule has 3 nitrogen and oxygen atoms in total. The minimum Gasteiger partial charge on any atom is -0.493 e. The van der Waals surface area contributed by atoms with Crippen LogP contribution in [-0.2, 0) is 5.54 Å². The van der Waals surface area contributed by atoms with E-state index in [1.807, 2.05) is 0 Å². The van der Waals surface area contributed by atoms with Gasteiger partial charge in [-0.2, -0.15) is 0 Å². The summed E-state index contributed by atoms with van der Waals surface area (Å²) in [7, 11) is 3.36. The molecule has 0 heterocycles. The maximum absolute atomic E-state index is 6.74. The van der Waals surface area contributed by atoms with Crippen molar-refractivity contribution >= 4 is 0 Å². The van der Waals surface area contributed by atoms with Crippen LogP contribution in [0.4, 0.5) is 0 Å². The number of ether oxygens (including phenoxy) is 2. The van der Waals surface area contributed by atoms with Crippen molar-refractivity contribution in [2.24, 2.45) is 5.73 Å². The van der Waals surface area contributed by atoms with Crippen LogP contribution < -0.4 is 15.2 Å². The summed E-state index contributed by atoms with van der Waals surface area (Å²) in [6.07, 6.45) is 5.83. The van der Waals surface area contributed by atoms with Crippen molar-refractivity contribution in [3.8, 4) is 11.5 Å². The van der Waals surface area contributed by atoms with E-state index in [0.29, 0.717) is 5.92 Å². The lowest BCUT2D eigenvalue weighted by Crippen LogP contribution is -2.39. The molecule has 3 heteroatoms. The molecule has 1 aromatic rings. The van der Waals surface area contributed by atoms with E-state index in [1.54, 1.807) is 14.2 Å². The second kappa shape index (κ2) is 6.04. The molecule has 1 aromatic carbocycles. The van der Waals surface area contributed by atoms with E-state index >= 15 is 0 Å². The van der Waals surface area contributed by atoms with Gasteiger partial charge in [0.15, 0.2) is 11.5 Å². The van der Waals surface area contributed by atoms with E-state index in [9.17, 15) is 0 Å². The monoisotopic (exact) mass is 277 g/mol. The van der Waals surface area contributed by atoms with Gasteiger partial charge < -0.3 is 15.2 Å². The molecule has 0 unspecified atom stereocenters. The molecule has 0 amide bonds. The highest BCUT2D eigenvalue weighted by Gasteiger charge is 2.33. The molecule has 2 rings (SSSR count). The summed E-state index contributed by atoms with van der Waals surface area (Å²) in [6, 6.07) is 4.20. The van der Waals surface area contributed by atoms with Gasteiger partial charge in [0.2, 0.25) is 0 Å². The second-order valence-corrected chi connectivity index (χ2v) is 6.17. The van der Waals surface area contributed by atoms with Gasteiger partial charge in [-0.1, -0.05) is 33.1 Å². The predicted octanol–water partition coefficient (Wildman–Crippen LogP) is 3.95. The first-order valence-corrected chi connectivity index (χ1v) is 7.57. The smallest absolute Gasteiger partial charge is 0.161 e. The Morgan fingerprint density at radius 2 is 1.55 bits per heavy atom. The second-order valence-electron chi connectivity index (χ2n) is 6.17. The van der Waals surface area contributed by atoms with Crippen LogP contribution in [-0.4, -0.2) is 14.2 Å². The summed E-state index contributed by atoms with van der Waals surface area (Å²) in [5.41, 5.74) is 9.05. The Morgan fingerprint density at radius 3 is 2.05 bits per heavy atom. The van der Waals surface area contributed by atoms with Crippen LogP contribution in [0.15, 0.2) is 12.1 Å². The molecule has 0 aromatic heterocycles.